The van der Waals surface area contributed by atoms with E-state index in [0.717, 1.165) is 0 Å². The van der Waals surface area contributed by atoms with Gasteiger partial charge in [-0.2, -0.15) is 5.26 Å². The summed E-state index contributed by atoms with van der Waals surface area (Å²) >= 11 is 0. The molecule has 0 heterocycles. The van der Waals surface area contributed by atoms with Gasteiger partial charge in [-0.15, -0.1) is 0 Å². The van der Waals surface area contributed by atoms with Crippen LogP contribution >= 0.6 is 0 Å². The molecule has 0 aromatic heterocycles. The van der Waals surface area contributed by atoms with Crippen LogP contribution in [0.25, 0.3) is 5.57 Å². The Bertz CT molecular complexity index is 452. The molecule has 4 nitrogen and oxygen atoms in total. The second-order valence-electron chi connectivity index (χ2n) is 2.96. The van der Waals surface area contributed by atoms with E-state index in [0.29, 0.717) is 5.56 Å². The number of phenols is 1. The number of carboxylic acids is 1. The third kappa shape index (κ3) is 2.35. The van der Waals surface area contributed by atoms with Gasteiger partial charge in [0.05, 0.1) is 11.1 Å². The van der Waals surface area contributed by atoms with Gasteiger partial charge in [-0.05, 0) is 36.8 Å². The van der Waals surface area contributed by atoms with Crippen LogP contribution in [0.1, 0.15) is 12.5 Å². The Labute approximate surface area is 86.7 Å². The Morgan fingerprint density at radius 3 is 2.27 bits per heavy atom. The Hall–Kier alpha value is -2.28. The van der Waals surface area contributed by atoms with Crippen LogP contribution in [0.15, 0.2) is 29.8 Å². The van der Waals surface area contributed by atoms with Gasteiger partial charge in [0.2, 0.25) is 0 Å². The van der Waals surface area contributed by atoms with Gasteiger partial charge in [-0.1, -0.05) is 0 Å². The highest BCUT2D eigenvalue weighted by molar-refractivity contribution is 5.99. The third-order valence-electron chi connectivity index (χ3n) is 1.96. The lowest BCUT2D eigenvalue weighted by molar-refractivity contribution is -0.132. The Morgan fingerprint density at radius 2 is 1.87 bits per heavy atom. The normalized spacial score (nSPS) is 11.5. The third-order valence-corrected chi connectivity index (χ3v) is 1.96. The lowest BCUT2D eigenvalue weighted by Gasteiger charge is -2.01. The number of aromatic hydroxyl groups is 1. The van der Waals surface area contributed by atoms with E-state index in [-0.39, 0.29) is 16.9 Å². The topological polar surface area (TPSA) is 81.3 Å². The second kappa shape index (κ2) is 4.29. The Kier molecular flexibility index (Phi) is 3.09. The van der Waals surface area contributed by atoms with Crippen LogP contribution in [-0.4, -0.2) is 16.2 Å². The second-order valence-corrected chi connectivity index (χ2v) is 2.96. The van der Waals surface area contributed by atoms with Crippen molar-refractivity contribution in [3.05, 3.63) is 35.4 Å². The zero-order valence-electron chi connectivity index (χ0n) is 8.06. The lowest BCUT2D eigenvalue weighted by Crippen LogP contribution is -1.99. The van der Waals surface area contributed by atoms with Crippen molar-refractivity contribution in [1.82, 2.24) is 0 Å². The highest BCUT2D eigenvalue weighted by Gasteiger charge is 2.10. The summed E-state index contributed by atoms with van der Waals surface area (Å²) < 4.78 is 0. The number of allylic oxidation sites excluding steroid dienone is 1. The molecule has 0 fully saturated rings. The summed E-state index contributed by atoms with van der Waals surface area (Å²) in [6.07, 6.45) is 0. The summed E-state index contributed by atoms with van der Waals surface area (Å²) in [4.78, 5) is 10.7. The molecule has 2 N–H and O–H groups in total. The van der Waals surface area contributed by atoms with Crippen LogP contribution in [0.3, 0.4) is 0 Å². The van der Waals surface area contributed by atoms with E-state index in [9.17, 15) is 4.79 Å². The molecule has 0 aliphatic carbocycles. The number of nitrogens with zero attached hydrogens (tertiary/aromatic N) is 1. The summed E-state index contributed by atoms with van der Waals surface area (Å²) in [5.41, 5.74) is 0.570. The van der Waals surface area contributed by atoms with E-state index in [4.69, 9.17) is 15.5 Å². The molecule has 4 heteroatoms. The van der Waals surface area contributed by atoms with Crippen molar-refractivity contribution in [3.8, 4) is 11.8 Å². The molecule has 1 aromatic carbocycles. The van der Waals surface area contributed by atoms with Crippen LogP contribution in [0.2, 0.25) is 0 Å². The summed E-state index contributed by atoms with van der Waals surface area (Å²) in [5, 5.41) is 26.6. The van der Waals surface area contributed by atoms with E-state index in [1.165, 1.54) is 31.2 Å². The van der Waals surface area contributed by atoms with Gasteiger partial charge >= 0.3 is 5.97 Å². The average Bonchev–Trinajstić information content (AvgIpc) is 2.21. The first-order valence-corrected chi connectivity index (χ1v) is 4.20. The van der Waals surface area contributed by atoms with Crippen LogP contribution in [0, 0.1) is 11.3 Å². The van der Waals surface area contributed by atoms with Gasteiger partial charge < -0.3 is 10.2 Å². The smallest absolute Gasteiger partial charge is 0.332 e. The molecule has 76 valence electrons. The van der Waals surface area contributed by atoms with E-state index in [1.807, 2.05) is 6.07 Å². The number of carbonyl (C=O) groups is 1. The van der Waals surface area contributed by atoms with Crippen LogP contribution < -0.4 is 0 Å². The molecule has 0 saturated heterocycles. The van der Waals surface area contributed by atoms with E-state index in [1.54, 1.807) is 0 Å². The molecule has 0 unspecified atom stereocenters. The van der Waals surface area contributed by atoms with Crippen LogP contribution in [0.4, 0.5) is 0 Å². The maximum atomic E-state index is 10.7. The number of phenolic OH excluding ortho intramolecular Hbond substituents is 1. The van der Waals surface area contributed by atoms with Gasteiger partial charge in [0.25, 0.3) is 0 Å². The van der Waals surface area contributed by atoms with Crippen molar-refractivity contribution in [2.24, 2.45) is 0 Å². The van der Waals surface area contributed by atoms with Crippen molar-refractivity contribution in [1.29, 1.82) is 5.26 Å². The van der Waals surface area contributed by atoms with Gasteiger partial charge in [-0.3, -0.25) is 0 Å². The molecular formula is C11H9NO3. The highest BCUT2D eigenvalue weighted by atomic mass is 16.4. The molecule has 0 spiro atoms. The maximum absolute atomic E-state index is 10.7. The molecule has 15 heavy (non-hydrogen) atoms. The van der Waals surface area contributed by atoms with E-state index < -0.39 is 5.97 Å². The molecule has 0 aliphatic rings. The van der Waals surface area contributed by atoms with Crippen molar-refractivity contribution in [3.63, 3.8) is 0 Å². The SMILES string of the molecule is CC(C(=O)O)=C(C#N)c1ccc(O)cc1. The monoisotopic (exact) mass is 203 g/mol. The number of rotatable bonds is 2. The predicted octanol–water partition coefficient (Wildman–Crippen LogP) is 1.77. The van der Waals surface area contributed by atoms with Crippen molar-refractivity contribution >= 4 is 11.5 Å². The zero-order valence-corrected chi connectivity index (χ0v) is 8.06. The van der Waals surface area contributed by atoms with E-state index in [2.05, 4.69) is 0 Å². The Morgan fingerprint density at radius 1 is 1.33 bits per heavy atom. The number of aliphatic carboxylic acids is 1. The minimum absolute atomic E-state index is 0.0109. The van der Waals surface area contributed by atoms with Gasteiger partial charge in [0.1, 0.15) is 11.8 Å². The molecule has 0 atom stereocenters. The number of hydrogen-bond acceptors (Lipinski definition) is 3. The molecule has 0 saturated carbocycles. The summed E-state index contributed by atoms with van der Waals surface area (Å²) in [6.45, 7) is 1.37. The fourth-order valence-corrected chi connectivity index (χ4v) is 1.10. The molecule has 0 bridgehead atoms. The molecule has 0 amide bonds. The first-order chi connectivity index (χ1) is 7.06. The van der Waals surface area contributed by atoms with Gasteiger partial charge in [0.15, 0.2) is 0 Å². The van der Waals surface area contributed by atoms with Crippen molar-refractivity contribution in [2.75, 3.05) is 0 Å². The number of hydrogen-bond donors (Lipinski definition) is 2. The fraction of sp³-hybridized carbons (Fsp3) is 0.0909. The number of carboxylic acid groups (broad SMARTS) is 1. The molecule has 0 aliphatic heterocycles. The summed E-state index contributed by atoms with van der Waals surface area (Å²) in [5.74, 6) is -1.05. The first-order valence-electron chi connectivity index (χ1n) is 4.20. The van der Waals surface area contributed by atoms with Crippen molar-refractivity contribution in [2.45, 2.75) is 6.92 Å². The van der Waals surface area contributed by atoms with Crippen molar-refractivity contribution < 1.29 is 15.0 Å². The average molecular weight is 203 g/mol. The number of benzene rings is 1. The number of nitriles is 1. The summed E-state index contributed by atoms with van der Waals surface area (Å²) in [6, 6.07) is 7.65. The quantitative estimate of drug-likeness (QED) is 0.567. The lowest BCUT2D eigenvalue weighted by atomic mass is 10.0. The fourth-order valence-electron chi connectivity index (χ4n) is 1.10. The molecular weight excluding hydrogens is 194 g/mol. The largest absolute Gasteiger partial charge is 0.508 e. The van der Waals surface area contributed by atoms with Gasteiger partial charge in [0, 0.05) is 0 Å². The summed E-state index contributed by atoms with van der Waals surface area (Å²) in [7, 11) is 0. The van der Waals surface area contributed by atoms with Gasteiger partial charge in [-0.25, -0.2) is 4.79 Å². The predicted molar refractivity (Wildman–Crippen MR) is 53.9 cm³/mol. The molecule has 1 aromatic rings. The van der Waals surface area contributed by atoms with Crippen LogP contribution in [0.5, 0.6) is 5.75 Å². The minimum Gasteiger partial charge on any atom is -0.508 e. The standard InChI is InChI=1S/C11H9NO3/c1-7(11(14)15)10(6-12)8-2-4-9(13)5-3-8/h2-5,13H,1H3,(H,14,15). The van der Waals surface area contributed by atoms with Crippen LogP contribution in [-0.2, 0) is 4.79 Å². The minimum atomic E-state index is -1.13. The molecule has 1 rings (SSSR count). The Balaban J connectivity index is 3.27. The highest BCUT2D eigenvalue weighted by Crippen LogP contribution is 2.20. The maximum Gasteiger partial charge on any atom is 0.332 e. The first kappa shape index (κ1) is 10.8. The van der Waals surface area contributed by atoms with E-state index >= 15 is 0 Å². The molecule has 0 radical (unpaired) electrons. The zero-order chi connectivity index (χ0) is 11.4.